The summed E-state index contributed by atoms with van der Waals surface area (Å²) in [4.78, 5) is 12.8. The third-order valence-corrected chi connectivity index (χ3v) is 5.82. The summed E-state index contributed by atoms with van der Waals surface area (Å²) in [7, 11) is 0. The van der Waals surface area contributed by atoms with Crippen LogP contribution in [0.2, 0.25) is 4.34 Å². The normalized spacial score (nSPS) is 31.6. The minimum atomic E-state index is 0.0298. The van der Waals surface area contributed by atoms with Crippen LogP contribution in [0.3, 0.4) is 0 Å². The number of nitrogens with one attached hydrogen (secondary N) is 1. The van der Waals surface area contributed by atoms with Gasteiger partial charge in [0.25, 0.3) is 5.91 Å². The first-order chi connectivity index (χ1) is 8.63. The maximum atomic E-state index is 12.1. The summed E-state index contributed by atoms with van der Waals surface area (Å²) in [5.74, 6) is 2.48. The van der Waals surface area contributed by atoms with Crippen molar-refractivity contribution in [3.8, 4) is 0 Å². The SMILES string of the molecule is CC(NC(=O)c1ccc(Cl)s1)C1CC2CCC1C2. The maximum Gasteiger partial charge on any atom is 0.261 e. The number of carbonyl (C=O) groups excluding carboxylic acids is 1. The van der Waals surface area contributed by atoms with Crippen molar-refractivity contribution < 1.29 is 4.79 Å². The number of amides is 1. The molecule has 4 unspecified atom stereocenters. The highest BCUT2D eigenvalue weighted by atomic mass is 35.5. The third-order valence-electron chi connectivity index (χ3n) is 4.59. The van der Waals surface area contributed by atoms with Crippen molar-refractivity contribution in [2.75, 3.05) is 0 Å². The quantitative estimate of drug-likeness (QED) is 0.894. The summed E-state index contributed by atoms with van der Waals surface area (Å²) in [5.41, 5.74) is 0. The van der Waals surface area contributed by atoms with Gasteiger partial charge >= 0.3 is 0 Å². The molecule has 2 nitrogen and oxygen atoms in total. The lowest BCUT2D eigenvalue weighted by atomic mass is 9.84. The van der Waals surface area contributed by atoms with Crippen molar-refractivity contribution in [2.45, 2.75) is 38.6 Å². The van der Waals surface area contributed by atoms with Crippen LogP contribution < -0.4 is 5.32 Å². The number of carbonyl (C=O) groups is 1. The van der Waals surface area contributed by atoms with Gasteiger partial charge in [-0.2, -0.15) is 0 Å². The van der Waals surface area contributed by atoms with Crippen molar-refractivity contribution in [3.05, 3.63) is 21.3 Å². The van der Waals surface area contributed by atoms with E-state index in [1.165, 1.54) is 37.0 Å². The molecule has 0 aliphatic heterocycles. The monoisotopic (exact) mass is 283 g/mol. The first kappa shape index (κ1) is 12.5. The summed E-state index contributed by atoms with van der Waals surface area (Å²) in [6, 6.07) is 3.87. The molecule has 1 heterocycles. The predicted molar refractivity (Wildman–Crippen MR) is 75.2 cm³/mol. The average Bonchev–Trinajstić information content (AvgIpc) is 3.03. The van der Waals surface area contributed by atoms with Gasteiger partial charge in [0.1, 0.15) is 0 Å². The third kappa shape index (κ3) is 2.30. The summed E-state index contributed by atoms with van der Waals surface area (Å²) in [6.45, 7) is 2.15. The van der Waals surface area contributed by atoms with Gasteiger partial charge in [0.05, 0.1) is 9.21 Å². The molecule has 2 bridgehead atoms. The van der Waals surface area contributed by atoms with Crippen molar-refractivity contribution in [1.29, 1.82) is 0 Å². The summed E-state index contributed by atoms with van der Waals surface area (Å²) in [6.07, 6.45) is 5.45. The standard InChI is InChI=1S/C14H18ClNOS/c1-8(11-7-9-2-3-10(11)6-9)16-14(17)12-4-5-13(15)18-12/h4-5,8-11H,2-3,6-7H2,1H3,(H,16,17). The maximum absolute atomic E-state index is 12.1. The zero-order valence-corrected chi connectivity index (χ0v) is 12.1. The van der Waals surface area contributed by atoms with E-state index in [-0.39, 0.29) is 11.9 Å². The van der Waals surface area contributed by atoms with E-state index < -0.39 is 0 Å². The second-order valence-corrected chi connectivity index (χ2v) is 7.42. The molecule has 1 aromatic rings. The van der Waals surface area contributed by atoms with Crippen LogP contribution in [-0.2, 0) is 0 Å². The van der Waals surface area contributed by atoms with E-state index in [1.54, 1.807) is 12.1 Å². The molecule has 18 heavy (non-hydrogen) atoms. The van der Waals surface area contributed by atoms with Gasteiger partial charge in [-0.05, 0) is 56.1 Å². The fourth-order valence-electron chi connectivity index (χ4n) is 3.73. The van der Waals surface area contributed by atoms with Crippen molar-refractivity contribution in [2.24, 2.45) is 17.8 Å². The lowest BCUT2D eigenvalue weighted by Gasteiger charge is -2.28. The number of thiophene rings is 1. The molecule has 3 rings (SSSR count). The van der Waals surface area contributed by atoms with Gasteiger partial charge in [0, 0.05) is 6.04 Å². The molecule has 0 aromatic carbocycles. The highest BCUT2D eigenvalue weighted by Gasteiger charge is 2.42. The molecule has 2 saturated carbocycles. The molecular formula is C14H18ClNOS. The molecule has 2 fully saturated rings. The Labute approximate surface area is 117 Å². The molecule has 0 spiro atoms. The second-order valence-electron chi connectivity index (χ2n) is 5.70. The molecule has 4 atom stereocenters. The molecule has 2 aliphatic carbocycles. The molecule has 0 radical (unpaired) electrons. The Bertz CT molecular complexity index is 458. The molecule has 98 valence electrons. The minimum Gasteiger partial charge on any atom is -0.349 e. The van der Waals surface area contributed by atoms with E-state index in [4.69, 9.17) is 11.6 Å². The van der Waals surface area contributed by atoms with Crippen molar-refractivity contribution in [1.82, 2.24) is 5.32 Å². The number of hydrogen-bond donors (Lipinski definition) is 1. The van der Waals surface area contributed by atoms with Gasteiger partial charge in [-0.15, -0.1) is 11.3 Å². The molecule has 1 amide bonds. The van der Waals surface area contributed by atoms with Crippen LogP contribution in [0, 0.1) is 17.8 Å². The molecule has 1 aromatic heterocycles. The Morgan fingerprint density at radius 1 is 1.44 bits per heavy atom. The van der Waals surface area contributed by atoms with E-state index in [2.05, 4.69) is 12.2 Å². The van der Waals surface area contributed by atoms with Crippen LogP contribution in [0.4, 0.5) is 0 Å². The van der Waals surface area contributed by atoms with E-state index in [0.717, 1.165) is 16.7 Å². The number of rotatable bonds is 3. The van der Waals surface area contributed by atoms with Gasteiger partial charge in [0.2, 0.25) is 0 Å². The Balaban J connectivity index is 1.61. The van der Waals surface area contributed by atoms with Gasteiger partial charge in [0.15, 0.2) is 0 Å². The smallest absolute Gasteiger partial charge is 0.261 e. The first-order valence-electron chi connectivity index (χ1n) is 6.69. The Kier molecular flexibility index (Phi) is 3.37. The van der Waals surface area contributed by atoms with E-state index >= 15 is 0 Å². The fraction of sp³-hybridized carbons (Fsp3) is 0.643. The highest BCUT2D eigenvalue weighted by molar-refractivity contribution is 7.17. The predicted octanol–water partition coefficient (Wildman–Crippen LogP) is 3.96. The van der Waals surface area contributed by atoms with Crippen LogP contribution in [0.25, 0.3) is 0 Å². The van der Waals surface area contributed by atoms with Crippen LogP contribution in [-0.4, -0.2) is 11.9 Å². The Morgan fingerprint density at radius 3 is 2.83 bits per heavy atom. The lowest BCUT2D eigenvalue weighted by molar-refractivity contribution is 0.0919. The topological polar surface area (TPSA) is 29.1 Å². The lowest BCUT2D eigenvalue weighted by Crippen LogP contribution is -2.39. The van der Waals surface area contributed by atoms with Crippen LogP contribution in [0.15, 0.2) is 12.1 Å². The van der Waals surface area contributed by atoms with E-state index in [9.17, 15) is 4.79 Å². The summed E-state index contributed by atoms with van der Waals surface area (Å²) < 4.78 is 0.674. The highest BCUT2D eigenvalue weighted by Crippen LogP contribution is 2.49. The molecular weight excluding hydrogens is 266 g/mol. The number of halogens is 1. The number of hydrogen-bond acceptors (Lipinski definition) is 2. The van der Waals surface area contributed by atoms with Crippen molar-refractivity contribution >= 4 is 28.8 Å². The molecule has 2 aliphatic rings. The zero-order chi connectivity index (χ0) is 12.7. The van der Waals surface area contributed by atoms with Crippen LogP contribution in [0.1, 0.15) is 42.3 Å². The second kappa shape index (κ2) is 4.86. The van der Waals surface area contributed by atoms with Crippen LogP contribution in [0.5, 0.6) is 0 Å². The molecule has 0 saturated heterocycles. The van der Waals surface area contributed by atoms with E-state index in [0.29, 0.717) is 10.3 Å². The van der Waals surface area contributed by atoms with E-state index in [1.807, 2.05) is 0 Å². The Hall–Kier alpha value is -0.540. The van der Waals surface area contributed by atoms with Gasteiger partial charge < -0.3 is 5.32 Å². The fourth-order valence-corrected chi connectivity index (χ4v) is 4.67. The molecule has 1 N–H and O–H groups in total. The first-order valence-corrected chi connectivity index (χ1v) is 7.89. The average molecular weight is 284 g/mol. The largest absolute Gasteiger partial charge is 0.349 e. The summed E-state index contributed by atoms with van der Waals surface area (Å²) in [5, 5.41) is 3.15. The number of fused-ring (bicyclic) bond motifs is 2. The minimum absolute atomic E-state index is 0.0298. The van der Waals surface area contributed by atoms with Gasteiger partial charge in [-0.25, -0.2) is 0 Å². The van der Waals surface area contributed by atoms with Crippen molar-refractivity contribution in [3.63, 3.8) is 0 Å². The van der Waals surface area contributed by atoms with Gasteiger partial charge in [-0.3, -0.25) is 4.79 Å². The van der Waals surface area contributed by atoms with Gasteiger partial charge in [-0.1, -0.05) is 18.0 Å². The van der Waals surface area contributed by atoms with Crippen LogP contribution >= 0.6 is 22.9 Å². The summed E-state index contributed by atoms with van der Waals surface area (Å²) >= 11 is 7.21. The zero-order valence-electron chi connectivity index (χ0n) is 10.5. The molecule has 4 heteroatoms. The Morgan fingerprint density at radius 2 is 2.28 bits per heavy atom.